The number of ether oxygens (including phenoxy) is 2. The summed E-state index contributed by atoms with van der Waals surface area (Å²) in [5.74, 6) is 2.61. The van der Waals surface area contributed by atoms with E-state index in [-0.39, 0.29) is 28.6 Å². The number of hydrogen-bond acceptors (Lipinski definition) is 12. The van der Waals surface area contributed by atoms with Gasteiger partial charge in [-0.2, -0.15) is 14.7 Å². The number of hydrogen-bond donors (Lipinski definition) is 2. The van der Waals surface area contributed by atoms with Gasteiger partial charge >= 0.3 is 0 Å². The molecule has 16 heteroatoms. The van der Waals surface area contributed by atoms with Crippen molar-refractivity contribution in [3.05, 3.63) is 65.5 Å². The van der Waals surface area contributed by atoms with Crippen LogP contribution in [0, 0.1) is 11.3 Å². The lowest BCUT2D eigenvalue weighted by atomic mass is 9.88. The van der Waals surface area contributed by atoms with Crippen LogP contribution in [0.15, 0.2) is 53.7 Å². The predicted molar refractivity (Wildman–Crippen MR) is 211 cm³/mol. The smallest absolute Gasteiger partial charge is 0.243 e. The number of fused-ring (bicyclic) bond motifs is 1. The molecule has 4 aliphatic rings. The van der Waals surface area contributed by atoms with E-state index in [4.69, 9.17) is 14.6 Å². The molecule has 5 heterocycles. The van der Waals surface area contributed by atoms with Crippen molar-refractivity contribution in [3.8, 4) is 11.8 Å². The number of piperidine rings is 2. The summed E-state index contributed by atoms with van der Waals surface area (Å²) in [5, 5.41) is 21.9. The van der Waals surface area contributed by atoms with Gasteiger partial charge in [-0.3, -0.25) is 14.4 Å². The van der Waals surface area contributed by atoms with Crippen LogP contribution in [0.3, 0.4) is 0 Å². The lowest BCUT2D eigenvalue weighted by Gasteiger charge is -2.36. The van der Waals surface area contributed by atoms with E-state index >= 15 is 0 Å². The number of sulfonamides is 1. The highest BCUT2D eigenvalue weighted by Gasteiger charge is 2.33. The van der Waals surface area contributed by atoms with Crippen LogP contribution in [0.5, 0.6) is 5.75 Å². The number of nitrogens with zero attached hydrogens (tertiary/aromatic N) is 8. The van der Waals surface area contributed by atoms with Crippen molar-refractivity contribution in [3.63, 3.8) is 0 Å². The van der Waals surface area contributed by atoms with E-state index in [0.717, 1.165) is 42.7 Å². The second kappa shape index (κ2) is 16.0. The van der Waals surface area contributed by atoms with E-state index in [9.17, 15) is 18.5 Å². The van der Waals surface area contributed by atoms with E-state index in [0.29, 0.717) is 68.9 Å². The Labute approximate surface area is 328 Å². The molecule has 56 heavy (non-hydrogen) atoms. The number of aromatic nitrogens is 4. The molecule has 3 saturated heterocycles. The topological polar surface area (TPSA) is 171 Å². The number of methoxy groups -OCH3 is 1. The fourth-order valence-electron chi connectivity index (χ4n) is 8.23. The zero-order valence-electron chi connectivity index (χ0n) is 32.2. The summed E-state index contributed by atoms with van der Waals surface area (Å²) in [7, 11) is -0.263. The minimum Gasteiger partial charge on any atom is -0.491 e. The maximum absolute atomic E-state index is 13.8. The number of likely N-dealkylation sites (tertiary alicyclic amines) is 1. The van der Waals surface area contributed by atoms with Gasteiger partial charge in [-0.15, -0.1) is 0 Å². The number of benzene rings is 2. The molecule has 2 atom stereocenters. The van der Waals surface area contributed by atoms with E-state index in [1.807, 2.05) is 29.0 Å². The van der Waals surface area contributed by atoms with Gasteiger partial charge in [0.15, 0.2) is 5.82 Å². The Bertz CT molecular complexity index is 2200. The van der Waals surface area contributed by atoms with Crippen LogP contribution < -0.4 is 20.3 Å². The zero-order chi connectivity index (χ0) is 39.0. The monoisotopic (exact) mass is 782 g/mol. The van der Waals surface area contributed by atoms with Crippen molar-refractivity contribution in [2.24, 2.45) is 7.05 Å². The lowest BCUT2D eigenvalue weighted by molar-refractivity contribution is -0.126. The highest BCUT2D eigenvalue weighted by atomic mass is 32.2. The quantitative estimate of drug-likeness (QED) is 0.210. The first kappa shape index (κ1) is 38.1. The zero-order valence-corrected chi connectivity index (χ0v) is 33.0. The molecule has 0 radical (unpaired) electrons. The molecule has 2 aromatic carbocycles. The van der Waals surface area contributed by atoms with Crippen molar-refractivity contribution in [2.45, 2.75) is 87.0 Å². The van der Waals surface area contributed by atoms with Crippen LogP contribution in [0.4, 0.5) is 11.8 Å². The summed E-state index contributed by atoms with van der Waals surface area (Å²) in [4.78, 5) is 25.4. The molecule has 1 aliphatic carbocycles. The number of amides is 1. The molecule has 3 aliphatic heterocycles. The predicted octanol–water partition coefficient (Wildman–Crippen LogP) is 4.28. The Morgan fingerprint density at radius 1 is 0.964 bits per heavy atom. The highest BCUT2D eigenvalue weighted by Crippen LogP contribution is 2.39. The number of carbonyl (C=O) groups excluding carboxylic acids is 1. The lowest BCUT2D eigenvalue weighted by Crippen LogP contribution is -2.55. The van der Waals surface area contributed by atoms with Crippen molar-refractivity contribution in [2.75, 3.05) is 56.7 Å². The van der Waals surface area contributed by atoms with Gasteiger partial charge < -0.3 is 25.0 Å². The first-order valence-corrected chi connectivity index (χ1v) is 21.1. The Balaban J connectivity index is 0.849. The first-order chi connectivity index (χ1) is 27.1. The number of nitrogens with one attached hydrogen (secondary N) is 2. The molecule has 4 fully saturated rings. The molecular weight excluding hydrogens is 733 g/mol. The average Bonchev–Trinajstić information content (AvgIpc) is 4.03. The number of nitriles is 1. The molecule has 0 spiro atoms. The Hall–Kier alpha value is -4.82. The van der Waals surface area contributed by atoms with Crippen LogP contribution in [0.2, 0.25) is 0 Å². The summed E-state index contributed by atoms with van der Waals surface area (Å²) in [5.41, 5.74) is 3.79. The van der Waals surface area contributed by atoms with E-state index < -0.39 is 16.4 Å². The SMILES string of the molecule is COC1NC(=O)CCN1c1nn(C)c2cc(C3CCN(C(C)COc4cc(S(=O)(=O)N5CCC(Nc6ncc(C7CC7)cn6)CC5)ccc4C#N)CC3)ccc12. The van der Waals surface area contributed by atoms with Crippen LogP contribution >= 0.6 is 0 Å². The van der Waals surface area contributed by atoms with E-state index in [2.05, 4.69) is 56.7 Å². The molecule has 1 saturated carbocycles. The van der Waals surface area contributed by atoms with Gasteiger partial charge in [0.2, 0.25) is 28.2 Å². The summed E-state index contributed by atoms with van der Waals surface area (Å²) in [6, 6.07) is 13.4. The highest BCUT2D eigenvalue weighted by molar-refractivity contribution is 7.89. The average molecular weight is 783 g/mol. The van der Waals surface area contributed by atoms with Gasteiger partial charge in [-0.1, -0.05) is 6.07 Å². The Morgan fingerprint density at radius 2 is 1.70 bits per heavy atom. The van der Waals surface area contributed by atoms with Gasteiger partial charge in [0.05, 0.1) is 16.0 Å². The Morgan fingerprint density at radius 3 is 2.39 bits per heavy atom. The fraction of sp³-hybridized carbons (Fsp3) is 0.525. The molecule has 8 rings (SSSR count). The van der Waals surface area contributed by atoms with E-state index in [1.54, 1.807) is 7.11 Å². The summed E-state index contributed by atoms with van der Waals surface area (Å²) in [6.45, 7) is 5.47. The minimum atomic E-state index is -3.79. The third kappa shape index (κ3) is 7.90. The van der Waals surface area contributed by atoms with Crippen molar-refractivity contribution >= 4 is 38.6 Å². The van der Waals surface area contributed by atoms with Gasteiger partial charge in [0, 0.05) is 76.1 Å². The molecule has 296 valence electrons. The van der Waals surface area contributed by atoms with Gasteiger partial charge in [-0.05, 0) is 106 Å². The number of anilines is 2. The van der Waals surface area contributed by atoms with Crippen LogP contribution in [-0.2, 0) is 26.6 Å². The maximum atomic E-state index is 13.8. The van der Waals surface area contributed by atoms with Crippen molar-refractivity contribution in [1.29, 1.82) is 5.26 Å². The van der Waals surface area contributed by atoms with Gasteiger partial charge in [0.25, 0.3) is 0 Å². The molecule has 4 aromatic rings. The standard InChI is InChI=1S/C40H50N10O5S/c1-26(48-15-10-28(11-16-48)29-7-9-34-35(20-29)47(2)46-38(34)50-19-14-37(51)45-40(50)54-3)25-55-36-21-33(8-6-30(36)22-41)56(52,53)49-17-12-32(13-18-49)44-39-42-23-31(24-43-39)27-4-5-27/h6-9,20-21,23-24,26-28,32,40H,4-5,10-19,25H2,1-3H3,(H,45,51)(H,42,43,44). The van der Waals surface area contributed by atoms with Crippen LogP contribution in [-0.4, -0.2) is 108 Å². The third-order valence-corrected chi connectivity index (χ3v) is 13.7. The molecule has 15 nitrogen and oxygen atoms in total. The normalized spacial score (nSPS) is 21.1. The molecular formula is C40H50N10O5S. The third-order valence-electron chi connectivity index (χ3n) is 11.8. The van der Waals surface area contributed by atoms with Gasteiger partial charge in [-0.25, -0.2) is 18.4 Å². The molecule has 2 N–H and O–H groups in total. The molecule has 0 bridgehead atoms. The van der Waals surface area contributed by atoms with Crippen LogP contribution in [0.1, 0.15) is 80.4 Å². The molecule has 2 aromatic heterocycles. The minimum absolute atomic E-state index is 0.0348. The summed E-state index contributed by atoms with van der Waals surface area (Å²) < 4.78 is 42.7. The fourth-order valence-corrected chi connectivity index (χ4v) is 9.71. The second-order valence-electron chi connectivity index (χ2n) is 15.5. The van der Waals surface area contributed by atoms with Crippen molar-refractivity contribution in [1.82, 2.24) is 34.3 Å². The van der Waals surface area contributed by atoms with Gasteiger partial charge in [0.1, 0.15) is 18.4 Å². The second-order valence-corrected chi connectivity index (χ2v) is 17.4. The van der Waals surface area contributed by atoms with E-state index in [1.165, 1.54) is 46.5 Å². The number of aryl methyl sites for hydroxylation is 1. The largest absolute Gasteiger partial charge is 0.491 e. The first-order valence-electron chi connectivity index (χ1n) is 19.7. The Kier molecular flexibility index (Phi) is 10.9. The van der Waals surface area contributed by atoms with Crippen molar-refractivity contribution < 1.29 is 22.7 Å². The van der Waals surface area contributed by atoms with Crippen LogP contribution in [0.25, 0.3) is 10.9 Å². The number of carbonyl (C=O) groups is 1. The molecule has 2 unspecified atom stereocenters. The summed E-state index contributed by atoms with van der Waals surface area (Å²) >= 11 is 0. The summed E-state index contributed by atoms with van der Waals surface area (Å²) in [6.07, 6.45) is 9.24. The number of rotatable bonds is 12. The molecule has 1 amide bonds. The maximum Gasteiger partial charge on any atom is 0.243 e.